The summed E-state index contributed by atoms with van der Waals surface area (Å²) in [5.74, 6) is -0.622. The number of anilines is 1. The number of benzene rings is 2. The van der Waals surface area contributed by atoms with Gasteiger partial charge in [-0.05, 0) is 43.2 Å². The summed E-state index contributed by atoms with van der Waals surface area (Å²) in [5.41, 5.74) is 3.28. The summed E-state index contributed by atoms with van der Waals surface area (Å²) in [4.78, 5) is 11.9. The first-order valence-electron chi connectivity index (χ1n) is 7.34. The molecule has 1 amide bonds. The average Bonchev–Trinajstić information content (AvgIpc) is 2.50. The van der Waals surface area contributed by atoms with E-state index in [9.17, 15) is 13.2 Å². The SMILES string of the molecule is Cc1ccc(NC(=O)CNS(=O)(=O)Cc2ccc(Cl)cc2)c(C)c1. The van der Waals surface area contributed by atoms with Gasteiger partial charge >= 0.3 is 0 Å². The number of hydrogen-bond acceptors (Lipinski definition) is 3. The molecule has 0 aliphatic rings. The smallest absolute Gasteiger partial charge is 0.239 e. The number of nitrogens with one attached hydrogen (secondary N) is 2. The summed E-state index contributed by atoms with van der Waals surface area (Å²) in [6.45, 7) is 3.53. The summed E-state index contributed by atoms with van der Waals surface area (Å²) in [6.07, 6.45) is 0. The van der Waals surface area contributed by atoms with Crippen molar-refractivity contribution in [1.82, 2.24) is 4.72 Å². The van der Waals surface area contributed by atoms with E-state index in [1.807, 2.05) is 26.0 Å². The van der Waals surface area contributed by atoms with Gasteiger partial charge in [-0.15, -0.1) is 0 Å². The molecule has 2 aromatic rings. The van der Waals surface area contributed by atoms with Gasteiger partial charge < -0.3 is 5.32 Å². The number of rotatable bonds is 6. The molecule has 2 rings (SSSR count). The van der Waals surface area contributed by atoms with Crippen molar-refractivity contribution in [2.24, 2.45) is 0 Å². The number of aryl methyl sites for hydroxylation is 2. The molecular weight excluding hydrogens is 348 g/mol. The molecule has 0 radical (unpaired) electrons. The summed E-state index contributed by atoms with van der Waals surface area (Å²) >= 11 is 5.77. The molecule has 0 aromatic heterocycles. The fraction of sp³-hybridized carbons (Fsp3) is 0.235. The van der Waals surface area contributed by atoms with Gasteiger partial charge in [0.1, 0.15) is 0 Å². The monoisotopic (exact) mass is 366 g/mol. The first-order valence-corrected chi connectivity index (χ1v) is 9.37. The van der Waals surface area contributed by atoms with Crippen molar-refractivity contribution in [1.29, 1.82) is 0 Å². The van der Waals surface area contributed by atoms with Crippen LogP contribution in [0.5, 0.6) is 0 Å². The maximum absolute atomic E-state index is 12.0. The Morgan fingerprint density at radius 2 is 1.75 bits per heavy atom. The van der Waals surface area contributed by atoms with E-state index in [-0.39, 0.29) is 12.3 Å². The van der Waals surface area contributed by atoms with E-state index >= 15 is 0 Å². The van der Waals surface area contributed by atoms with Crippen molar-refractivity contribution in [3.05, 3.63) is 64.2 Å². The molecule has 128 valence electrons. The van der Waals surface area contributed by atoms with Gasteiger partial charge in [-0.3, -0.25) is 4.79 Å². The van der Waals surface area contributed by atoms with Gasteiger partial charge in [0.05, 0.1) is 12.3 Å². The zero-order chi connectivity index (χ0) is 17.7. The van der Waals surface area contributed by atoms with Gasteiger partial charge in [-0.2, -0.15) is 0 Å². The highest BCUT2D eigenvalue weighted by Crippen LogP contribution is 2.16. The lowest BCUT2D eigenvalue weighted by atomic mass is 10.1. The van der Waals surface area contributed by atoms with Crippen molar-refractivity contribution in [3.63, 3.8) is 0 Å². The highest BCUT2D eigenvalue weighted by Gasteiger charge is 2.14. The molecule has 0 unspecified atom stereocenters. The molecular formula is C17H19ClN2O3S. The largest absolute Gasteiger partial charge is 0.325 e. The molecule has 24 heavy (non-hydrogen) atoms. The lowest BCUT2D eigenvalue weighted by Gasteiger charge is -2.10. The molecule has 2 aromatic carbocycles. The highest BCUT2D eigenvalue weighted by atomic mass is 35.5. The van der Waals surface area contributed by atoms with Crippen LogP contribution in [0, 0.1) is 13.8 Å². The topological polar surface area (TPSA) is 75.3 Å². The third-order valence-corrected chi connectivity index (χ3v) is 4.93. The van der Waals surface area contributed by atoms with E-state index in [4.69, 9.17) is 11.6 Å². The predicted molar refractivity (Wildman–Crippen MR) is 96.6 cm³/mol. The Labute approximate surface area is 147 Å². The van der Waals surface area contributed by atoms with Crippen molar-refractivity contribution in [2.75, 3.05) is 11.9 Å². The van der Waals surface area contributed by atoms with E-state index < -0.39 is 15.9 Å². The van der Waals surface area contributed by atoms with Gasteiger partial charge in [0.15, 0.2) is 0 Å². The number of amides is 1. The number of carbonyl (C=O) groups excluding carboxylic acids is 1. The summed E-state index contributed by atoms with van der Waals surface area (Å²) in [5, 5.41) is 3.24. The highest BCUT2D eigenvalue weighted by molar-refractivity contribution is 7.88. The molecule has 0 atom stereocenters. The van der Waals surface area contributed by atoms with Crippen LogP contribution in [0.15, 0.2) is 42.5 Å². The fourth-order valence-corrected chi connectivity index (χ4v) is 3.39. The maximum atomic E-state index is 12.0. The Bertz CT molecular complexity index is 833. The van der Waals surface area contributed by atoms with Gasteiger partial charge in [-0.25, -0.2) is 13.1 Å². The number of hydrogen-bond donors (Lipinski definition) is 2. The second-order valence-corrected chi connectivity index (χ2v) is 7.82. The van der Waals surface area contributed by atoms with Crippen LogP contribution < -0.4 is 10.0 Å². The molecule has 0 fully saturated rings. The second kappa shape index (κ2) is 7.79. The van der Waals surface area contributed by atoms with Gasteiger partial charge in [0.2, 0.25) is 15.9 Å². The first-order chi connectivity index (χ1) is 11.2. The van der Waals surface area contributed by atoms with Crippen LogP contribution in [0.4, 0.5) is 5.69 Å². The molecule has 5 nitrogen and oxygen atoms in total. The maximum Gasteiger partial charge on any atom is 0.239 e. The zero-order valence-electron chi connectivity index (χ0n) is 13.5. The summed E-state index contributed by atoms with van der Waals surface area (Å²) < 4.78 is 26.4. The third-order valence-electron chi connectivity index (χ3n) is 3.38. The Morgan fingerprint density at radius 3 is 2.38 bits per heavy atom. The van der Waals surface area contributed by atoms with Crippen LogP contribution in [-0.2, 0) is 20.6 Å². The number of sulfonamides is 1. The van der Waals surface area contributed by atoms with E-state index in [1.165, 1.54) is 0 Å². The molecule has 0 saturated carbocycles. The van der Waals surface area contributed by atoms with Crippen LogP contribution in [0.2, 0.25) is 5.02 Å². The third kappa shape index (κ3) is 5.63. The van der Waals surface area contributed by atoms with E-state index in [2.05, 4.69) is 10.0 Å². The Balaban J connectivity index is 1.91. The van der Waals surface area contributed by atoms with Gasteiger partial charge in [0.25, 0.3) is 0 Å². The molecule has 7 heteroatoms. The summed E-state index contributed by atoms with van der Waals surface area (Å²) in [6, 6.07) is 12.1. The van der Waals surface area contributed by atoms with Crippen LogP contribution >= 0.6 is 11.6 Å². The van der Waals surface area contributed by atoms with Crippen molar-refractivity contribution < 1.29 is 13.2 Å². The van der Waals surface area contributed by atoms with Crippen LogP contribution in [0.25, 0.3) is 0 Å². The van der Waals surface area contributed by atoms with E-state index in [0.717, 1.165) is 11.1 Å². The normalized spacial score (nSPS) is 11.3. The van der Waals surface area contributed by atoms with Crippen molar-refractivity contribution >= 4 is 33.2 Å². The number of halogens is 1. The lowest BCUT2D eigenvalue weighted by Crippen LogP contribution is -2.33. The van der Waals surface area contributed by atoms with E-state index in [1.54, 1.807) is 30.3 Å². The molecule has 0 saturated heterocycles. The minimum absolute atomic E-state index is 0.207. The lowest BCUT2D eigenvalue weighted by molar-refractivity contribution is -0.115. The standard InChI is InChI=1S/C17H19ClN2O3S/c1-12-3-8-16(13(2)9-12)20-17(21)10-19-24(22,23)11-14-4-6-15(18)7-5-14/h3-9,19H,10-11H2,1-2H3,(H,20,21). The molecule has 2 N–H and O–H groups in total. The Kier molecular flexibility index (Phi) is 5.99. The van der Waals surface area contributed by atoms with Gasteiger partial charge in [0, 0.05) is 10.7 Å². The zero-order valence-corrected chi connectivity index (χ0v) is 15.0. The quantitative estimate of drug-likeness (QED) is 0.825. The molecule has 0 spiro atoms. The average molecular weight is 367 g/mol. The molecule has 0 bridgehead atoms. The molecule has 0 aliphatic heterocycles. The van der Waals surface area contributed by atoms with Gasteiger partial charge in [-0.1, -0.05) is 41.4 Å². The molecule has 0 aliphatic carbocycles. The second-order valence-electron chi connectivity index (χ2n) is 5.57. The Hall–Kier alpha value is -1.89. The fourth-order valence-electron chi connectivity index (χ4n) is 2.17. The minimum atomic E-state index is -3.61. The van der Waals surface area contributed by atoms with E-state index in [0.29, 0.717) is 16.3 Å². The number of carbonyl (C=O) groups is 1. The minimum Gasteiger partial charge on any atom is -0.325 e. The van der Waals surface area contributed by atoms with Crippen molar-refractivity contribution in [3.8, 4) is 0 Å². The molecule has 0 heterocycles. The predicted octanol–water partition coefficient (Wildman–Crippen LogP) is 3.01. The van der Waals surface area contributed by atoms with Crippen LogP contribution in [0.1, 0.15) is 16.7 Å². The van der Waals surface area contributed by atoms with Crippen LogP contribution in [-0.4, -0.2) is 20.9 Å². The first kappa shape index (κ1) is 18.4. The summed E-state index contributed by atoms with van der Waals surface area (Å²) in [7, 11) is -3.61. The van der Waals surface area contributed by atoms with Crippen LogP contribution in [0.3, 0.4) is 0 Å². The van der Waals surface area contributed by atoms with Crippen molar-refractivity contribution in [2.45, 2.75) is 19.6 Å². The Morgan fingerprint density at radius 1 is 1.08 bits per heavy atom.